The summed E-state index contributed by atoms with van der Waals surface area (Å²) in [6, 6.07) is 19.9. The Kier molecular flexibility index (Phi) is 5.90. The monoisotopic (exact) mass is 554 g/mol. The number of hydrogen-bond acceptors (Lipinski definition) is 4. The maximum atomic E-state index is 13.3. The van der Waals surface area contributed by atoms with E-state index in [4.69, 9.17) is 16.3 Å². The number of sulfonamides is 1. The Hall–Kier alpha value is -2.30. The molecule has 1 unspecified atom stereocenters. The van der Waals surface area contributed by atoms with E-state index in [1.165, 1.54) is 28.6 Å². The number of nitrogens with zero attached hydrogens (tertiary/aromatic N) is 1. The third-order valence-electron chi connectivity index (χ3n) is 4.54. The summed E-state index contributed by atoms with van der Waals surface area (Å²) < 4.78 is 34.7. The highest BCUT2D eigenvalue weighted by Crippen LogP contribution is 2.37. The Morgan fingerprint density at radius 2 is 1.70 bits per heavy atom. The van der Waals surface area contributed by atoms with Gasteiger partial charge in [0.2, 0.25) is 0 Å². The lowest BCUT2D eigenvalue weighted by Crippen LogP contribution is -2.48. The molecule has 1 amide bonds. The number of amides is 1. The highest BCUT2D eigenvalue weighted by Gasteiger charge is 2.37. The van der Waals surface area contributed by atoms with Crippen LogP contribution in [0, 0.1) is 3.57 Å². The van der Waals surface area contributed by atoms with Gasteiger partial charge in [-0.1, -0.05) is 23.7 Å². The molecule has 0 radical (unpaired) electrons. The maximum absolute atomic E-state index is 13.3. The highest BCUT2D eigenvalue weighted by molar-refractivity contribution is 14.1. The van der Waals surface area contributed by atoms with Crippen LogP contribution in [-0.4, -0.2) is 27.0 Å². The number of nitrogens with one attached hydrogen (secondary N) is 1. The molecule has 0 aliphatic carbocycles. The molecule has 1 heterocycles. The maximum Gasteiger partial charge on any atom is 0.267 e. The second kappa shape index (κ2) is 8.44. The molecule has 1 aliphatic heterocycles. The summed E-state index contributed by atoms with van der Waals surface area (Å²) in [6.07, 6.45) is -1.01. The van der Waals surface area contributed by atoms with Crippen molar-refractivity contribution in [2.24, 2.45) is 0 Å². The largest absolute Gasteiger partial charge is 0.476 e. The number of carbonyl (C=O) groups excluding carboxylic acids is 1. The Balaban J connectivity index is 1.66. The van der Waals surface area contributed by atoms with E-state index in [1.54, 1.807) is 36.4 Å². The Morgan fingerprint density at radius 1 is 1.03 bits per heavy atom. The van der Waals surface area contributed by atoms with E-state index in [-0.39, 0.29) is 11.4 Å². The minimum atomic E-state index is -3.92. The average Bonchev–Trinajstić information content (AvgIpc) is 2.74. The van der Waals surface area contributed by atoms with Crippen LogP contribution in [-0.2, 0) is 14.8 Å². The normalized spacial score (nSPS) is 15.8. The van der Waals surface area contributed by atoms with E-state index >= 15 is 0 Å². The van der Waals surface area contributed by atoms with E-state index in [1.807, 2.05) is 12.1 Å². The number of ether oxygens (including phenoxy) is 1. The fraction of sp³-hybridized carbons (Fsp3) is 0.0952. The standard InChI is InChI=1S/C21H16ClIN2O4S/c22-14-5-11-17(12-6-14)30(27,28)25-13-20(29-19-4-2-1-3-18(19)25)21(26)24-16-9-7-15(23)8-10-16/h1-12,20H,13H2,(H,24,26). The molecule has 0 saturated heterocycles. The molecule has 3 aromatic carbocycles. The predicted molar refractivity (Wildman–Crippen MR) is 125 cm³/mol. The number of rotatable bonds is 4. The van der Waals surface area contributed by atoms with Crippen LogP contribution in [0.25, 0.3) is 0 Å². The molecule has 1 atom stereocenters. The van der Waals surface area contributed by atoms with E-state index in [0.717, 1.165) is 3.57 Å². The van der Waals surface area contributed by atoms with Gasteiger partial charge in [0.15, 0.2) is 6.10 Å². The van der Waals surface area contributed by atoms with Crippen molar-refractivity contribution in [3.8, 4) is 5.75 Å². The highest BCUT2D eigenvalue weighted by atomic mass is 127. The summed E-state index contributed by atoms with van der Waals surface area (Å²) in [4.78, 5) is 12.9. The fourth-order valence-corrected chi connectivity index (χ4v) is 5.02. The number of anilines is 2. The quantitative estimate of drug-likeness (QED) is 0.481. The molecule has 0 saturated carbocycles. The third kappa shape index (κ3) is 4.26. The lowest BCUT2D eigenvalue weighted by atomic mass is 10.2. The summed E-state index contributed by atoms with van der Waals surface area (Å²) in [5.41, 5.74) is 0.987. The number of hydrogen-bond donors (Lipinski definition) is 1. The van der Waals surface area contributed by atoms with Gasteiger partial charge in [0.1, 0.15) is 5.75 Å². The molecule has 30 heavy (non-hydrogen) atoms. The Bertz CT molecular complexity index is 1180. The molecule has 1 N–H and O–H groups in total. The van der Waals surface area contributed by atoms with E-state index < -0.39 is 22.0 Å². The first-order valence-corrected chi connectivity index (χ1v) is 11.8. The van der Waals surface area contributed by atoms with Crippen LogP contribution in [0.4, 0.5) is 11.4 Å². The lowest BCUT2D eigenvalue weighted by Gasteiger charge is -2.34. The molecule has 0 aromatic heterocycles. The Labute approximate surface area is 193 Å². The molecule has 4 rings (SSSR count). The van der Waals surface area contributed by atoms with Crippen LogP contribution in [0.15, 0.2) is 77.7 Å². The summed E-state index contributed by atoms with van der Waals surface area (Å²) in [5.74, 6) is -0.105. The molecule has 0 bridgehead atoms. The summed E-state index contributed by atoms with van der Waals surface area (Å²) in [5, 5.41) is 3.22. The van der Waals surface area contributed by atoms with Crippen LogP contribution in [0.5, 0.6) is 5.75 Å². The first kappa shape index (κ1) is 21.0. The van der Waals surface area contributed by atoms with Gasteiger partial charge in [0.05, 0.1) is 17.1 Å². The van der Waals surface area contributed by atoms with Gasteiger partial charge in [-0.15, -0.1) is 0 Å². The van der Waals surface area contributed by atoms with Crippen molar-refractivity contribution in [3.63, 3.8) is 0 Å². The molecule has 1 aliphatic rings. The van der Waals surface area contributed by atoms with Crippen molar-refractivity contribution < 1.29 is 17.9 Å². The average molecular weight is 555 g/mol. The van der Waals surface area contributed by atoms with Crippen molar-refractivity contribution in [2.45, 2.75) is 11.0 Å². The number of para-hydroxylation sites is 2. The van der Waals surface area contributed by atoms with Crippen LogP contribution >= 0.6 is 34.2 Å². The van der Waals surface area contributed by atoms with Crippen molar-refractivity contribution >= 4 is 61.5 Å². The minimum Gasteiger partial charge on any atom is -0.476 e. The third-order valence-corrected chi connectivity index (χ3v) is 7.31. The fourth-order valence-electron chi connectivity index (χ4n) is 3.06. The molecule has 9 heteroatoms. The molecule has 0 fully saturated rings. The van der Waals surface area contributed by atoms with Gasteiger partial charge in [0.25, 0.3) is 15.9 Å². The first-order chi connectivity index (χ1) is 14.3. The second-order valence-electron chi connectivity index (χ2n) is 6.56. The van der Waals surface area contributed by atoms with Gasteiger partial charge in [-0.25, -0.2) is 8.42 Å². The molecule has 3 aromatic rings. The van der Waals surface area contributed by atoms with Gasteiger partial charge in [-0.05, 0) is 83.3 Å². The summed E-state index contributed by atoms with van der Waals surface area (Å²) >= 11 is 8.07. The van der Waals surface area contributed by atoms with Crippen molar-refractivity contribution in [2.75, 3.05) is 16.2 Å². The summed E-state index contributed by atoms with van der Waals surface area (Å²) in [6.45, 7) is -0.155. The number of halogens is 2. The number of benzene rings is 3. The van der Waals surface area contributed by atoms with E-state index in [0.29, 0.717) is 22.1 Å². The molecular formula is C21H16ClIN2O4S. The lowest BCUT2D eigenvalue weighted by molar-refractivity contribution is -0.122. The first-order valence-electron chi connectivity index (χ1n) is 8.95. The van der Waals surface area contributed by atoms with Crippen molar-refractivity contribution in [1.29, 1.82) is 0 Å². The molecule has 154 valence electrons. The topological polar surface area (TPSA) is 75.7 Å². The van der Waals surface area contributed by atoms with Crippen molar-refractivity contribution in [1.82, 2.24) is 0 Å². The SMILES string of the molecule is O=C(Nc1ccc(I)cc1)C1CN(S(=O)(=O)c2ccc(Cl)cc2)c2ccccc2O1. The zero-order valence-electron chi connectivity index (χ0n) is 15.5. The van der Waals surface area contributed by atoms with Crippen molar-refractivity contribution in [3.05, 3.63) is 81.4 Å². The van der Waals surface area contributed by atoms with E-state index in [9.17, 15) is 13.2 Å². The summed E-state index contributed by atoms with van der Waals surface area (Å²) in [7, 11) is -3.92. The second-order valence-corrected chi connectivity index (χ2v) is 10.1. The van der Waals surface area contributed by atoms with Gasteiger partial charge in [0, 0.05) is 14.3 Å². The zero-order chi connectivity index (χ0) is 21.3. The number of carbonyl (C=O) groups is 1. The molecule has 6 nitrogen and oxygen atoms in total. The van der Waals surface area contributed by atoms with Crippen LogP contribution in [0.3, 0.4) is 0 Å². The molecule has 0 spiro atoms. The predicted octanol–water partition coefficient (Wildman–Crippen LogP) is 4.54. The van der Waals surface area contributed by atoms with Crippen LogP contribution in [0.2, 0.25) is 5.02 Å². The van der Waals surface area contributed by atoms with Gasteiger partial charge in [-0.2, -0.15) is 0 Å². The molecular weight excluding hydrogens is 539 g/mol. The smallest absolute Gasteiger partial charge is 0.267 e. The van der Waals surface area contributed by atoms with Gasteiger partial charge >= 0.3 is 0 Å². The van der Waals surface area contributed by atoms with Gasteiger partial charge < -0.3 is 10.1 Å². The van der Waals surface area contributed by atoms with Gasteiger partial charge in [-0.3, -0.25) is 9.10 Å². The zero-order valence-corrected chi connectivity index (χ0v) is 19.2. The van der Waals surface area contributed by atoms with E-state index in [2.05, 4.69) is 27.9 Å². The van der Waals surface area contributed by atoms with Crippen LogP contribution in [0.1, 0.15) is 0 Å². The van der Waals surface area contributed by atoms with Crippen LogP contribution < -0.4 is 14.4 Å². The number of fused-ring (bicyclic) bond motifs is 1. The Morgan fingerprint density at radius 3 is 2.40 bits per heavy atom. The minimum absolute atomic E-state index is 0.0837.